The third-order valence-electron chi connectivity index (χ3n) is 5.19. The van der Waals surface area contributed by atoms with Gasteiger partial charge >= 0.3 is 5.63 Å². The van der Waals surface area contributed by atoms with Crippen LogP contribution in [-0.4, -0.2) is 26.8 Å². The van der Waals surface area contributed by atoms with Crippen LogP contribution in [0, 0.1) is 13.8 Å². The lowest BCUT2D eigenvalue weighted by molar-refractivity contribution is 0.520. The molecule has 0 radical (unpaired) electrons. The van der Waals surface area contributed by atoms with Gasteiger partial charge in [0.2, 0.25) is 10.0 Å². The summed E-state index contributed by atoms with van der Waals surface area (Å²) in [6, 6.07) is 10.7. The number of hydrogen-bond acceptors (Lipinski definition) is 5. The van der Waals surface area contributed by atoms with Crippen molar-refractivity contribution in [3.63, 3.8) is 0 Å². The average molecular weight is 415 g/mol. The van der Waals surface area contributed by atoms with Crippen LogP contribution in [0.5, 0.6) is 0 Å². The molecule has 1 heterocycles. The Labute approximate surface area is 171 Å². The first-order valence-electron chi connectivity index (χ1n) is 9.46. The van der Waals surface area contributed by atoms with Crippen LogP contribution in [0.2, 0.25) is 0 Å². The second-order valence-electron chi connectivity index (χ2n) is 7.33. The van der Waals surface area contributed by atoms with Gasteiger partial charge in [0.25, 0.3) is 0 Å². The Balaban J connectivity index is 2.00. The summed E-state index contributed by atoms with van der Waals surface area (Å²) in [7, 11) is -0.519. The van der Waals surface area contributed by atoms with Gasteiger partial charge in [-0.3, -0.25) is 0 Å². The van der Waals surface area contributed by atoms with Crippen molar-refractivity contribution in [2.24, 2.45) is 0 Å². The maximum atomic E-state index is 12.5. The first-order chi connectivity index (χ1) is 13.6. The summed E-state index contributed by atoms with van der Waals surface area (Å²) < 4.78 is 31.7. The van der Waals surface area contributed by atoms with Gasteiger partial charge in [0.1, 0.15) is 5.58 Å². The van der Waals surface area contributed by atoms with Crippen LogP contribution < -0.4 is 10.9 Å². The Morgan fingerprint density at radius 1 is 1.07 bits per heavy atom. The fraction of sp³-hybridized carbons (Fsp3) is 0.318. The molecule has 0 saturated heterocycles. The van der Waals surface area contributed by atoms with Crippen molar-refractivity contribution in [2.45, 2.75) is 38.6 Å². The minimum Gasteiger partial charge on any atom is -0.423 e. The highest BCUT2D eigenvalue weighted by Crippen LogP contribution is 2.27. The number of nitrogens with one attached hydrogen (secondary N) is 1. The van der Waals surface area contributed by atoms with Gasteiger partial charge in [-0.25, -0.2) is 17.5 Å². The van der Waals surface area contributed by atoms with E-state index in [-0.39, 0.29) is 4.90 Å². The van der Waals surface area contributed by atoms with Gasteiger partial charge in [0.15, 0.2) is 0 Å². The van der Waals surface area contributed by atoms with E-state index in [2.05, 4.69) is 5.32 Å². The van der Waals surface area contributed by atoms with Gasteiger partial charge in [-0.05, 0) is 60.7 Å². The first-order valence-corrected chi connectivity index (χ1v) is 10.9. The average Bonchev–Trinajstić information content (AvgIpc) is 2.67. The second kappa shape index (κ2) is 8.00. The zero-order valence-corrected chi connectivity index (χ0v) is 18.2. The molecule has 0 aliphatic carbocycles. The van der Waals surface area contributed by atoms with Crippen molar-refractivity contribution < 1.29 is 12.8 Å². The van der Waals surface area contributed by atoms with E-state index in [1.165, 1.54) is 24.5 Å². The molecule has 1 aromatic heterocycles. The van der Waals surface area contributed by atoms with E-state index in [4.69, 9.17) is 4.42 Å². The number of anilines is 1. The minimum absolute atomic E-state index is 0.234. The molecule has 3 rings (SSSR count). The molecular weight excluding hydrogens is 388 g/mol. The van der Waals surface area contributed by atoms with Crippen LogP contribution in [0.25, 0.3) is 11.0 Å². The predicted octanol–water partition coefficient (Wildman–Crippen LogP) is 3.83. The normalized spacial score (nSPS) is 11.9. The Morgan fingerprint density at radius 2 is 1.79 bits per heavy atom. The summed E-state index contributed by atoms with van der Waals surface area (Å²) in [6.07, 6.45) is 0.855. The highest BCUT2D eigenvalue weighted by atomic mass is 32.2. The molecule has 0 aliphatic rings. The van der Waals surface area contributed by atoms with E-state index in [0.29, 0.717) is 12.1 Å². The maximum absolute atomic E-state index is 12.5. The molecule has 154 valence electrons. The summed E-state index contributed by atoms with van der Waals surface area (Å²) in [5.74, 6) is 0. The van der Waals surface area contributed by atoms with Gasteiger partial charge in [-0.15, -0.1) is 0 Å². The molecule has 3 aromatic rings. The van der Waals surface area contributed by atoms with Crippen LogP contribution in [-0.2, 0) is 23.0 Å². The zero-order chi connectivity index (χ0) is 21.3. The van der Waals surface area contributed by atoms with E-state index in [0.717, 1.165) is 39.7 Å². The van der Waals surface area contributed by atoms with Gasteiger partial charge in [-0.2, -0.15) is 0 Å². The van der Waals surface area contributed by atoms with Crippen LogP contribution in [0.4, 0.5) is 5.69 Å². The zero-order valence-electron chi connectivity index (χ0n) is 17.4. The number of fused-ring (bicyclic) bond motifs is 1. The third kappa shape index (κ3) is 4.21. The van der Waals surface area contributed by atoms with E-state index in [1.807, 2.05) is 39.0 Å². The number of aryl methyl sites for hydroxylation is 2. The molecule has 0 aliphatic heterocycles. The smallest absolute Gasteiger partial charge is 0.336 e. The van der Waals surface area contributed by atoms with Crippen molar-refractivity contribution in [2.75, 3.05) is 19.4 Å². The van der Waals surface area contributed by atoms with Crippen LogP contribution >= 0.6 is 0 Å². The maximum Gasteiger partial charge on any atom is 0.336 e. The standard InChI is InChI=1S/C22H26N2O4S/c1-6-16-7-8-19-17(11-22(25)28-21(19)10-16)13-23-20-12-18(9-14(2)15(20)3)29(26,27)24(4)5/h7-12,23H,6,13H2,1-5H3. The highest BCUT2D eigenvalue weighted by Gasteiger charge is 2.19. The number of rotatable bonds is 6. The van der Waals surface area contributed by atoms with Crippen LogP contribution in [0.3, 0.4) is 0 Å². The van der Waals surface area contributed by atoms with Gasteiger partial charge < -0.3 is 9.73 Å². The molecule has 0 saturated carbocycles. The summed E-state index contributed by atoms with van der Waals surface area (Å²) in [5, 5.41) is 4.17. The van der Waals surface area contributed by atoms with Gasteiger partial charge in [0, 0.05) is 37.8 Å². The van der Waals surface area contributed by atoms with E-state index >= 15 is 0 Å². The fourth-order valence-corrected chi connectivity index (χ4v) is 4.21. The molecule has 1 N–H and O–H groups in total. The largest absolute Gasteiger partial charge is 0.423 e. The molecule has 0 atom stereocenters. The Bertz CT molecular complexity index is 1230. The van der Waals surface area contributed by atoms with E-state index < -0.39 is 15.6 Å². The molecule has 7 heteroatoms. The Kier molecular flexibility index (Phi) is 5.82. The molecule has 0 unspecified atom stereocenters. The number of nitrogens with zero attached hydrogens (tertiary/aromatic N) is 1. The lowest BCUT2D eigenvalue weighted by Crippen LogP contribution is -2.22. The molecule has 2 aromatic carbocycles. The quantitative estimate of drug-likeness (QED) is 0.620. The van der Waals surface area contributed by atoms with Crippen molar-refractivity contribution in [3.05, 3.63) is 69.1 Å². The molecule has 0 amide bonds. The Morgan fingerprint density at radius 3 is 2.45 bits per heavy atom. The van der Waals surface area contributed by atoms with Crippen molar-refractivity contribution in [1.29, 1.82) is 0 Å². The molecule has 29 heavy (non-hydrogen) atoms. The van der Waals surface area contributed by atoms with Gasteiger partial charge in [0.05, 0.1) is 4.90 Å². The molecule has 0 spiro atoms. The molecule has 0 fully saturated rings. The molecular formula is C22H26N2O4S. The summed E-state index contributed by atoms with van der Waals surface area (Å²) in [4.78, 5) is 12.3. The number of benzene rings is 2. The monoisotopic (exact) mass is 414 g/mol. The second-order valence-corrected chi connectivity index (χ2v) is 9.48. The third-order valence-corrected chi connectivity index (χ3v) is 6.98. The first kappa shape index (κ1) is 21.1. The summed E-state index contributed by atoms with van der Waals surface area (Å²) >= 11 is 0. The number of sulfonamides is 1. The Hall–Kier alpha value is -2.64. The van der Waals surface area contributed by atoms with Crippen molar-refractivity contribution >= 4 is 26.7 Å². The lowest BCUT2D eigenvalue weighted by atomic mass is 10.1. The van der Waals surface area contributed by atoms with Crippen molar-refractivity contribution in [3.8, 4) is 0 Å². The minimum atomic E-state index is -3.54. The molecule has 6 nitrogen and oxygen atoms in total. The summed E-state index contributed by atoms with van der Waals surface area (Å²) in [6.45, 7) is 6.24. The summed E-state index contributed by atoms with van der Waals surface area (Å²) in [5.41, 5.74) is 4.61. The van der Waals surface area contributed by atoms with E-state index in [1.54, 1.807) is 12.1 Å². The molecule has 0 bridgehead atoms. The fourth-order valence-electron chi connectivity index (χ4n) is 3.20. The van der Waals surface area contributed by atoms with E-state index in [9.17, 15) is 13.2 Å². The topological polar surface area (TPSA) is 79.6 Å². The SMILES string of the molecule is CCc1ccc2c(CNc3cc(S(=O)(=O)N(C)C)cc(C)c3C)cc(=O)oc2c1. The van der Waals surface area contributed by atoms with Crippen LogP contribution in [0.15, 0.2) is 50.5 Å². The number of hydrogen-bond donors (Lipinski definition) is 1. The van der Waals surface area contributed by atoms with Crippen LogP contribution in [0.1, 0.15) is 29.2 Å². The lowest BCUT2D eigenvalue weighted by Gasteiger charge is -2.17. The predicted molar refractivity (Wildman–Crippen MR) is 116 cm³/mol. The van der Waals surface area contributed by atoms with Crippen molar-refractivity contribution in [1.82, 2.24) is 4.31 Å². The highest BCUT2D eigenvalue weighted by molar-refractivity contribution is 7.89. The van der Waals surface area contributed by atoms with Gasteiger partial charge in [-0.1, -0.05) is 19.1 Å².